The highest BCUT2D eigenvalue weighted by molar-refractivity contribution is 7.08. The molecule has 1 fully saturated rings. The quantitative estimate of drug-likeness (QED) is 0.935. The monoisotopic (exact) mass is 325 g/mol. The van der Waals surface area contributed by atoms with Gasteiger partial charge in [-0.05, 0) is 36.5 Å². The summed E-state index contributed by atoms with van der Waals surface area (Å²) in [6.07, 6.45) is 3.25. The lowest BCUT2D eigenvalue weighted by atomic mass is 9.82. The minimum atomic E-state index is -0.426. The normalized spacial score (nSPS) is 14.8. The average Bonchev–Trinajstić information content (AvgIpc) is 2.85. The van der Waals surface area contributed by atoms with Gasteiger partial charge in [-0.1, -0.05) is 28.6 Å². The molecule has 1 saturated carbocycles. The van der Waals surface area contributed by atoms with E-state index in [0.29, 0.717) is 15.8 Å². The van der Waals surface area contributed by atoms with Crippen LogP contribution < -0.4 is 5.32 Å². The number of halogens is 2. The fourth-order valence-electron chi connectivity index (χ4n) is 2.25. The van der Waals surface area contributed by atoms with Crippen molar-refractivity contribution in [3.05, 3.63) is 45.2 Å². The number of hydrogen-bond donors (Lipinski definition) is 1. The Kier molecular flexibility index (Phi) is 4.17. The Morgan fingerprint density at radius 3 is 2.95 bits per heavy atom. The predicted molar refractivity (Wildman–Crippen MR) is 79.1 cm³/mol. The van der Waals surface area contributed by atoms with Gasteiger partial charge >= 0.3 is 0 Å². The lowest BCUT2D eigenvalue weighted by molar-refractivity contribution is 0.0952. The highest BCUT2D eigenvalue weighted by Gasteiger charge is 2.28. The molecule has 0 atom stereocenters. The standard InChI is InChI=1S/C14H13ClFN3OS/c15-10-5-2-6-11(16)9(10)7-17-14(20)13-12(18-19-21-13)8-3-1-4-8/h2,5-6,8H,1,3-4,7H2,(H,17,20). The van der Waals surface area contributed by atoms with Crippen molar-refractivity contribution in [2.75, 3.05) is 0 Å². The molecule has 1 aromatic heterocycles. The summed E-state index contributed by atoms with van der Waals surface area (Å²) in [7, 11) is 0. The molecule has 21 heavy (non-hydrogen) atoms. The van der Waals surface area contributed by atoms with Gasteiger partial charge in [0, 0.05) is 23.0 Å². The van der Waals surface area contributed by atoms with E-state index in [0.717, 1.165) is 36.5 Å². The molecule has 1 aromatic carbocycles. The number of amides is 1. The second-order valence-electron chi connectivity index (χ2n) is 5.00. The van der Waals surface area contributed by atoms with E-state index in [1.807, 2.05) is 0 Å². The van der Waals surface area contributed by atoms with E-state index >= 15 is 0 Å². The van der Waals surface area contributed by atoms with Crippen LogP contribution in [0.1, 0.15) is 46.1 Å². The lowest BCUT2D eigenvalue weighted by Gasteiger charge is -2.23. The topological polar surface area (TPSA) is 54.9 Å². The van der Waals surface area contributed by atoms with Gasteiger partial charge < -0.3 is 5.32 Å². The molecule has 1 N–H and O–H groups in total. The van der Waals surface area contributed by atoms with E-state index in [1.165, 1.54) is 12.1 Å². The highest BCUT2D eigenvalue weighted by atomic mass is 35.5. The Hall–Kier alpha value is -1.53. The molecule has 7 heteroatoms. The number of aromatic nitrogens is 2. The zero-order chi connectivity index (χ0) is 14.8. The van der Waals surface area contributed by atoms with Crippen LogP contribution >= 0.6 is 23.1 Å². The molecule has 0 aliphatic heterocycles. The summed E-state index contributed by atoms with van der Waals surface area (Å²) in [5.41, 5.74) is 1.05. The molecule has 2 aromatic rings. The van der Waals surface area contributed by atoms with E-state index in [9.17, 15) is 9.18 Å². The second-order valence-corrected chi connectivity index (χ2v) is 6.16. The van der Waals surface area contributed by atoms with Crippen molar-refractivity contribution in [2.45, 2.75) is 31.7 Å². The first-order valence-electron chi connectivity index (χ1n) is 6.70. The molecule has 110 valence electrons. The largest absolute Gasteiger partial charge is 0.347 e. The van der Waals surface area contributed by atoms with E-state index < -0.39 is 5.82 Å². The molecule has 0 unspecified atom stereocenters. The smallest absolute Gasteiger partial charge is 0.265 e. The van der Waals surface area contributed by atoms with Crippen LogP contribution in [0.5, 0.6) is 0 Å². The fraction of sp³-hybridized carbons (Fsp3) is 0.357. The number of rotatable bonds is 4. The molecule has 1 amide bonds. The van der Waals surface area contributed by atoms with Gasteiger partial charge in [0.25, 0.3) is 5.91 Å². The number of carbonyl (C=O) groups excluding carboxylic acids is 1. The number of hydrogen-bond acceptors (Lipinski definition) is 4. The van der Waals surface area contributed by atoms with Gasteiger partial charge in [-0.3, -0.25) is 4.79 Å². The fourth-order valence-corrected chi connectivity index (χ4v) is 3.15. The molecule has 0 bridgehead atoms. The van der Waals surface area contributed by atoms with Crippen LogP contribution in [0.4, 0.5) is 4.39 Å². The Morgan fingerprint density at radius 1 is 1.48 bits per heavy atom. The van der Waals surface area contributed by atoms with Gasteiger partial charge in [-0.15, -0.1) is 5.10 Å². The third-order valence-corrected chi connectivity index (χ3v) is 4.79. The van der Waals surface area contributed by atoms with Crippen LogP contribution in [0.25, 0.3) is 0 Å². The Morgan fingerprint density at radius 2 is 2.29 bits per heavy atom. The van der Waals surface area contributed by atoms with Gasteiger partial charge in [0.05, 0.1) is 5.69 Å². The summed E-state index contributed by atoms with van der Waals surface area (Å²) >= 11 is 7.02. The van der Waals surface area contributed by atoms with Crippen LogP contribution in [0.2, 0.25) is 5.02 Å². The number of nitrogens with one attached hydrogen (secondary N) is 1. The Balaban J connectivity index is 1.71. The molecule has 1 aliphatic rings. The average molecular weight is 326 g/mol. The Bertz CT molecular complexity index is 652. The molecule has 1 heterocycles. The van der Waals surface area contributed by atoms with Gasteiger partial charge in [0.15, 0.2) is 0 Å². The van der Waals surface area contributed by atoms with Crippen molar-refractivity contribution in [1.82, 2.24) is 14.9 Å². The van der Waals surface area contributed by atoms with Crippen LogP contribution in [-0.2, 0) is 6.54 Å². The zero-order valence-electron chi connectivity index (χ0n) is 11.1. The molecule has 3 rings (SSSR count). The van der Waals surface area contributed by atoms with Crippen LogP contribution in [-0.4, -0.2) is 15.5 Å². The van der Waals surface area contributed by atoms with Crippen LogP contribution in [0.3, 0.4) is 0 Å². The van der Waals surface area contributed by atoms with Gasteiger partial charge in [-0.25, -0.2) is 4.39 Å². The minimum absolute atomic E-state index is 0.0480. The minimum Gasteiger partial charge on any atom is -0.347 e. The third-order valence-electron chi connectivity index (χ3n) is 3.70. The van der Waals surface area contributed by atoms with E-state index in [1.54, 1.807) is 6.07 Å². The molecule has 0 radical (unpaired) electrons. The predicted octanol–water partition coefficient (Wildman–Crippen LogP) is 3.53. The molecular formula is C14H13ClFN3OS. The first-order valence-corrected chi connectivity index (χ1v) is 7.85. The molecular weight excluding hydrogens is 313 g/mol. The highest BCUT2D eigenvalue weighted by Crippen LogP contribution is 2.37. The van der Waals surface area contributed by atoms with Crippen molar-refractivity contribution < 1.29 is 9.18 Å². The van der Waals surface area contributed by atoms with E-state index in [-0.39, 0.29) is 18.0 Å². The summed E-state index contributed by atoms with van der Waals surface area (Å²) < 4.78 is 17.5. The zero-order valence-corrected chi connectivity index (χ0v) is 12.7. The summed E-state index contributed by atoms with van der Waals surface area (Å²) in [5, 5.41) is 7.05. The molecule has 4 nitrogen and oxygen atoms in total. The van der Waals surface area contributed by atoms with E-state index in [4.69, 9.17) is 11.6 Å². The first-order chi connectivity index (χ1) is 10.2. The first kappa shape index (κ1) is 14.4. The Labute approximate surface area is 130 Å². The summed E-state index contributed by atoms with van der Waals surface area (Å²) in [6, 6.07) is 4.45. The van der Waals surface area contributed by atoms with Gasteiger partial charge in [0.1, 0.15) is 10.7 Å². The van der Waals surface area contributed by atoms with Crippen molar-refractivity contribution in [1.29, 1.82) is 0 Å². The SMILES string of the molecule is O=C(NCc1c(F)cccc1Cl)c1snnc1C1CCC1. The summed E-state index contributed by atoms with van der Waals surface area (Å²) in [4.78, 5) is 12.7. The van der Waals surface area contributed by atoms with Crippen molar-refractivity contribution in [3.63, 3.8) is 0 Å². The van der Waals surface area contributed by atoms with Crippen molar-refractivity contribution >= 4 is 29.0 Å². The number of nitrogens with zero attached hydrogens (tertiary/aromatic N) is 2. The lowest BCUT2D eigenvalue weighted by Crippen LogP contribution is -2.25. The summed E-state index contributed by atoms with van der Waals surface area (Å²) in [5.74, 6) is -0.364. The van der Waals surface area contributed by atoms with Gasteiger partial charge in [0.2, 0.25) is 0 Å². The number of benzene rings is 1. The second kappa shape index (κ2) is 6.07. The maximum atomic E-state index is 13.7. The van der Waals surface area contributed by atoms with Crippen LogP contribution in [0.15, 0.2) is 18.2 Å². The van der Waals surface area contributed by atoms with Crippen LogP contribution in [0, 0.1) is 5.82 Å². The van der Waals surface area contributed by atoms with E-state index in [2.05, 4.69) is 14.9 Å². The third kappa shape index (κ3) is 2.91. The maximum absolute atomic E-state index is 13.7. The number of carbonyl (C=O) groups is 1. The molecule has 0 spiro atoms. The maximum Gasteiger partial charge on any atom is 0.265 e. The van der Waals surface area contributed by atoms with Gasteiger partial charge in [-0.2, -0.15) is 0 Å². The molecule has 1 aliphatic carbocycles. The molecule has 0 saturated heterocycles. The van der Waals surface area contributed by atoms with Crippen molar-refractivity contribution in [2.24, 2.45) is 0 Å². The summed E-state index contributed by atoms with van der Waals surface area (Å²) in [6.45, 7) is 0.0480. The van der Waals surface area contributed by atoms with Crippen molar-refractivity contribution in [3.8, 4) is 0 Å².